The van der Waals surface area contributed by atoms with Crippen LogP contribution in [-0.4, -0.2) is 69.7 Å². The van der Waals surface area contributed by atoms with Gasteiger partial charge in [0.25, 0.3) is 0 Å². The largest absolute Gasteiger partial charge is 0.508 e. The van der Waals surface area contributed by atoms with Crippen LogP contribution in [0.3, 0.4) is 0 Å². The molecule has 13 heteroatoms. The van der Waals surface area contributed by atoms with Crippen molar-refractivity contribution in [2.24, 2.45) is 17.4 Å². The van der Waals surface area contributed by atoms with E-state index in [1.807, 2.05) is 6.92 Å². The second-order valence-electron chi connectivity index (χ2n) is 8.16. The number of thiol groups is 1. The first-order chi connectivity index (χ1) is 16.4. The van der Waals surface area contributed by atoms with Crippen LogP contribution in [0.1, 0.15) is 32.3 Å². The molecule has 0 heterocycles. The number of carbonyl (C=O) groups excluding carboxylic acids is 4. The molecule has 0 aromatic heterocycles. The number of phenols is 1. The Morgan fingerprint density at radius 3 is 1.94 bits per heavy atom. The first-order valence-electron chi connectivity index (χ1n) is 11.0. The normalized spacial score (nSPS) is 15.1. The summed E-state index contributed by atoms with van der Waals surface area (Å²) in [4.78, 5) is 60.8. The van der Waals surface area contributed by atoms with Gasteiger partial charge in [-0.1, -0.05) is 32.4 Å². The molecular weight excluding hydrogens is 478 g/mol. The lowest BCUT2D eigenvalue weighted by Gasteiger charge is -2.25. The standard InChI is InChI=1S/C22H33N5O7S/c1-3-11(2)18(24)21(32)27-16(10-35)20(31)25-14(8-12-4-6-13(28)7-5-12)19(30)26-15(22(33)34)9-17(23)29/h4-7,11,14-16,18,28,35H,3,8-10,24H2,1-2H3,(H2,23,29)(H,25,31)(H,26,30)(H,27,32)(H,33,34). The van der Waals surface area contributed by atoms with Crippen molar-refractivity contribution in [3.8, 4) is 5.75 Å². The van der Waals surface area contributed by atoms with Crippen LogP contribution in [0.4, 0.5) is 0 Å². The van der Waals surface area contributed by atoms with E-state index in [0.29, 0.717) is 12.0 Å². The second-order valence-corrected chi connectivity index (χ2v) is 8.52. The Morgan fingerprint density at radius 2 is 1.46 bits per heavy atom. The van der Waals surface area contributed by atoms with Gasteiger partial charge in [-0.15, -0.1) is 0 Å². The number of aromatic hydroxyl groups is 1. The average Bonchev–Trinajstić information content (AvgIpc) is 2.81. The lowest BCUT2D eigenvalue weighted by molar-refractivity contribution is -0.143. The van der Waals surface area contributed by atoms with Gasteiger partial charge in [-0.25, -0.2) is 4.79 Å². The topological polar surface area (TPSA) is 214 Å². The number of rotatable bonds is 14. The summed E-state index contributed by atoms with van der Waals surface area (Å²) in [6.07, 6.45) is -0.0819. The van der Waals surface area contributed by atoms with Crippen LogP contribution in [0, 0.1) is 5.92 Å². The molecular formula is C22H33N5O7S. The van der Waals surface area contributed by atoms with Gasteiger partial charge in [0.1, 0.15) is 23.9 Å². The van der Waals surface area contributed by atoms with E-state index in [1.165, 1.54) is 24.3 Å². The summed E-state index contributed by atoms with van der Waals surface area (Å²) in [6.45, 7) is 3.67. The molecule has 12 nitrogen and oxygen atoms in total. The van der Waals surface area contributed by atoms with E-state index in [1.54, 1.807) is 6.92 Å². The third kappa shape index (κ3) is 9.83. The maximum atomic E-state index is 12.9. The van der Waals surface area contributed by atoms with Crippen molar-refractivity contribution in [3.05, 3.63) is 29.8 Å². The molecule has 35 heavy (non-hydrogen) atoms. The van der Waals surface area contributed by atoms with Crippen LogP contribution >= 0.6 is 12.6 Å². The van der Waals surface area contributed by atoms with Gasteiger partial charge in [-0.3, -0.25) is 19.2 Å². The number of benzene rings is 1. The number of carboxylic acid groups (broad SMARTS) is 1. The molecule has 4 amide bonds. The number of phenolic OH excluding ortho intramolecular Hbond substituents is 1. The van der Waals surface area contributed by atoms with Crippen molar-refractivity contribution in [1.82, 2.24) is 16.0 Å². The monoisotopic (exact) mass is 511 g/mol. The molecule has 1 aromatic carbocycles. The third-order valence-corrected chi connectivity index (χ3v) is 5.77. The first kappa shape index (κ1) is 29.7. The number of carboxylic acids is 1. The van der Waals surface area contributed by atoms with Crippen molar-refractivity contribution < 1.29 is 34.2 Å². The van der Waals surface area contributed by atoms with Crippen LogP contribution in [-0.2, 0) is 30.4 Å². The fourth-order valence-corrected chi connectivity index (χ4v) is 3.25. The van der Waals surface area contributed by atoms with Gasteiger partial charge in [0.2, 0.25) is 23.6 Å². The summed E-state index contributed by atoms with van der Waals surface area (Å²) in [5.41, 5.74) is 11.5. The first-order valence-corrected chi connectivity index (χ1v) is 11.6. The number of nitrogens with one attached hydrogen (secondary N) is 3. The number of hydrogen-bond donors (Lipinski definition) is 8. The molecule has 0 aliphatic rings. The number of amides is 4. The van der Waals surface area contributed by atoms with Crippen LogP contribution in [0.15, 0.2) is 24.3 Å². The van der Waals surface area contributed by atoms with Crippen molar-refractivity contribution in [2.75, 3.05) is 5.75 Å². The highest BCUT2D eigenvalue weighted by atomic mass is 32.1. The van der Waals surface area contributed by atoms with Crippen LogP contribution in [0.25, 0.3) is 0 Å². The molecule has 1 rings (SSSR count). The zero-order valence-electron chi connectivity index (χ0n) is 19.6. The highest BCUT2D eigenvalue weighted by Gasteiger charge is 2.31. The molecule has 0 saturated carbocycles. The molecule has 0 bridgehead atoms. The Hall–Kier alpha value is -3.32. The van der Waals surface area contributed by atoms with Crippen molar-refractivity contribution >= 4 is 42.2 Å². The van der Waals surface area contributed by atoms with Gasteiger partial charge in [0.05, 0.1) is 12.5 Å². The van der Waals surface area contributed by atoms with Gasteiger partial charge in [-0.05, 0) is 23.6 Å². The van der Waals surface area contributed by atoms with Gasteiger partial charge < -0.3 is 37.6 Å². The minimum Gasteiger partial charge on any atom is -0.508 e. The quantitative estimate of drug-likeness (QED) is 0.139. The number of carbonyl (C=O) groups is 5. The fraction of sp³-hybridized carbons (Fsp3) is 0.500. The smallest absolute Gasteiger partial charge is 0.326 e. The number of aliphatic carboxylic acids is 1. The lowest BCUT2D eigenvalue weighted by Crippen LogP contribution is -2.58. The van der Waals surface area contributed by atoms with Crippen LogP contribution < -0.4 is 27.4 Å². The van der Waals surface area contributed by atoms with E-state index in [0.717, 1.165) is 0 Å². The average molecular weight is 512 g/mol. The Morgan fingerprint density at radius 1 is 0.943 bits per heavy atom. The maximum Gasteiger partial charge on any atom is 0.326 e. The highest BCUT2D eigenvalue weighted by Crippen LogP contribution is 2.12. The van der Waals surface area contributed by atoms with E-state index in [9.17, 15) is 34.2 Å². The van der Waals surface area contributed by atoms with E-state index in [-0.39, 0.29) is 23.8 Å². The van der Waals surface area contributed by atoms with Gasteiger partial charge in [0.15, 0.2) is 0 Å². The molecule has 1 aromatic rings. The SMILES string of the molecule is CCC(C)C(N)C(=O)NC(CS)C(=O)NC(Cc1ccc(O)cc1)C(=O)NC(CC(N)=O)C(=O)O. The highest BCUT2D eigenvalue weighted by molar-refractivity contribution is 7.80. The van der Waals surface area contributed by atoms with Crippen molar-refractivity contribution in [2.45, 2.75) is 57.3 Å². The summed E-state index contributed by atoms with van der Waals surface area (Å²) in [5.74, 6) is -4.85. The fourth-order valence-electron chi connectivity index (χ4n) is 3.00. The Labute approximate surface area is 208 Å². The number of nitrogens with two attached hydrogens (primary N) is 2. The van der Waals surface area contributed by atoms with Crippen LogP contribution in [0.2, 0.25) is 0 Å². The molecule has 0 radical (unpaired) electrons. The summed E-state index contributed by atoms with van der Waals surface area (Å²) in [5, 5.41) is 26.0. The van der Waals surface area contributed by atoms with Gasteiger partial charge in [0, 0.05) is 12.2 Å². The lowest BCUT2D eigenvalue weighted by atomic mass is 9.99. The van der Waals surface area contributed by atoms with Gasteiger partial charge >= 0.3 is 5.97 Å². The molecule has 0 saturated heterocycles. The third-order valence-electron chi connectivity index (χ3n) is 5.40. The zero-order chi connectivity index (χ0) is 26.7. The van der Waals surface area contributed by atoms with Gasteiger partial charge in [-0.2, -0.15) is 12.6 Å². The molecule has 0 aliphatic carbocycles. The Kier molecular flexibility index (Phi) is 12.0. The molecule has 194 valence electrons. The second kappa shape index (κ2) is 14.2. The molecule has 5 atom stereocenters. The van der Waals surface area contributed by atoms with Crippen molar-refractivity contribution in [1.29, 1.82) is 0 Å². The predicted molar refractivity (Wildman–Crippen MR) is 130 cm³/mol. The zero-order valence-corrected chi connectivity index (χ0v) is 20.5. The molecule has 0 fully saturated rings. The molecule has 0 spiro atoms. The van der Waals surface area contributed by atoms with E-state index < -0.39 is 60.2 Å². The minimum absolute atomic E-state index is 0.0123. The molecule has 0 aliphatic heterocycles. The Bertz CT molecular complexity index is 912. The number of primary amides is 1. The maximum absolute atomic E-state index is 12.9. The minimum atomic E-state index is -1.60. The summed E-state index contributed by atoms with van der Waals surface area (Å²) in [6, 6.07) is 0.926. The summed E-state index contributed by atoms with van der Waals surface area (Å²) >= 11 is 4.10. The van der Waals surface area contributed by atoms with E-state index >= 15 is 0 Å². The molecule has 5 unspecified atom stereocenters. The predicted octanol–water partition coefficient (Wildman–Crippen LogP) is -1.35. The Balaban J connectivity index is 3.08. The summed E-state index contributed by atoms with van der Waals surface area (Å²) in [7, 11) is 0. The van der Waals surface area contributed by atoms with Crippen LogP contribution in [0.5, 0.6) is 5.75 Å². The number of hydrogen-bond acceptors (Lipinski definition) is 8. The van der Waals surface area contributed by atoms with Crippen molar-refractivity contribution in [3.63, 3.8) is 0 Å². The molecule has 9 N–H and O–H groups in total. The van der Waals surface area contributed by atoms with E-state index in [4.69, 9.17) is 11.5 Å². The van der Waals surface area contributed by atoms with E-state index in [2.05, 4.69) is 28.6 Å². The summed E-state index contributed by atoms with van der Waals surface area (Å²) < 4.78 is 0.